The molecule has 1 atom stereocenters. The summed E-state index contributed by atoms with van der Waals surface area (Å²) in [6.07, 6.45) is 1.14. The molecule has 1 aliphatic rings. The molecule has 1 N–H and O–H groups in total. The van der Waals surface area contributed by atoms with Crippen molar-refractivity contribution in [3.63, 3.8) is 0 Å². The third-order valence-corrected chi connectivity index (χ3v) is 3.76. The Morgan fingerprint density at radius 3 is 3.00 bits per heavy atom. The maximum atomic E-state index is 11.9. The predicted molar refractivity (Wildman–Crippen MR) is 76.4 cm³/mol. The number of rotatable bonds is 4. The van der Waals surface area contributed by atoms with E-state index in [4.69, 9.17) is 11.6 Å². The van der Waals surface area contributed by atoms with Gasteiger partial charge in [0.25, 0.3) is 5.91 Å². The predicted octanol–water partition coefficient (Wildman–Crippen LogP) is 2.20. The van der Waals surface area contributed by atoms with Crippen molar-refractivity contribution < 1.29 is 4.79 Å². The lowest BCUT2D eigenvalue weighted by Crippen LogP contribution is -2.33. The Morgan fingerprint density at radius 2 is 2.37 bits per heavy atom. The second kappa shape index (κ2) is 6.35. The Morgan fingerprint density at radius 1 is 1.58 bits per heavy atom. The van der Waals surface area contributed by atoms with Crippen LogP contribution in [0.5, 0.6) is 0 Å². The van der Waals surface area contributed by atoms with Crippen molar-refractivity contribution >= 4 is 17.5 Å². The highest BCUT2D eigenvalue weighted by molar-refractivity contribution is 6.29. The van der Waals surface area contributed by atoms with Crippen LogP contribution >= 0.6 is 11.6 Å². The van der Waals surface area contributed by atoms with Gasteiger partial charge in [0.05, 0.1) is 0 Å². The summed E-state index contributed by atoms with van der Waals surface area (Å²) in [6, 6.07) is 5.65. The van der Waals surface area contributed by atoms with Gasteiger partial charge >= 0.3 is 0 Å². The van der Waals surface area contributed by atoms with Crippen LogP contribution in [-0.4, -0.2) is 41.5 Å². The number of aromatic nitrogens is 1. The fourth-order valence-corrected chi connectivity index (χ4v) is 2.52. The van der Waals surface area contributed by atoms with E-state index in [1.54, 1.807) is 18.2 Å². The zero-order valence-electron chi connectivity index (χ0n) is 11.4. The first-order valence-corrected chi connectivity index (χ1v) is 7.09. The Kier molecular flexibility index (Phi) is 4.77. The molecule has 0 aliphatic carbocycles. The van der Waals surface area contributed by atoms with Crippen LogP contribution in [0.2, 0.25) is 5.15 Å². The Bertz CT molecular complexity index is 450. The smallest absolute Gasteiger partial charge is 0.269 e. The third kappa shape index (κ3) is 3.91. The summed E-state index contributed by atoms with van der Waals surface area (Å²) in [4.78, 5) is 18.4. The third-order valence-electron chi connectivity index (χ3n) is 3.55. The highest BCUT2D eigenvalue weighted by Crippen LogP contribution is 2.17. The number of hydrogen-bond donors (Lipinski definition) is 1. The molecule has 0 radical (unpaired) electrons. The summed E-state index contributed by atoms with van der Waals surface area (Å²) in [5.41, 5.74) is 0.381. The van der Waals surface area contributed by atoms with E-state index in [-0.39, 0.29) is 5.91 Å². The van der Waals surface area contributed by atoms with Crippen LogP contribution in [0.1, 0.15) is 30.8 Å². The minimum atomic E-state index is -0.148. The number of amides is 1. The van der Waals surface area contributed by atoms with Crippen molar-refractivity contribution in [1.82, 2.24) is 15.2 Å². The molecule has 1 saturated heterocycles. The summed E-state index contributed by atoms with van der Waals surface area (Å²) < 4.78 is 0. The second-order valence-corrected chi connectivity index (χ2v) is 5.69. The average molecular weight is 282 g/mol. The highest BCUT2D eigenvalue weighted by Gasteiger charge is 2.24. The first-order valence-electron chi connectivity index (χ1n) is 6.71. The van der Waals surface area contributed by atoms with Crippen LogP contribution in [0.15, 0.2) is 18.2 Å². The zero-order chi connectivity index (χ0) is 13.8. The molecule has 2 rings (SSSR count). The molecule has 0 bridgehead atoms. The second-order valence-electron chi connectivity index (χ2n) is 5.30. The summed E-state index contributed by atoms with van der Waals surface area (Å²) in [6.45, 7) is 7.29. The minimum absolute atomic E-state index is 0.148. The van der Waals surface area contributed by atoms with E-state index in [9.17, 15) is 4.79 Å². The number of pyridine rings is 1. The van der Waals surface area contributed by atoms with Gasteiger partial charge in [-0.15, -0.1) is 0 Å². The van der Waals surface area contributed by atoms with Gasteiger partial charge in [0.1, 0.15) is 10.8 Å². The molecule has 2 heterocycles. The number of nitrogens with zero attached hydrogens (tertiary/aromatic N) is 2. The number of hydrogen-bond acceptors (Lipinski definition) is 3. The van der Waals surface area contributed by atoms with Crippen molar-refractivity contribution in [3.05, 3.63) is 29.0 Å². The van der Waals surface area contributed by atoms with Crippen LogP contribution in [-0.2, 0) is 0 Å². The van der Waals surface area contributed by atoms with Crippen molar-refractivity contribution in [2.75, 3.05) is 19.6 Å². The molecule has 1 fully saturated rings. The molecule has 1 aromatic heterocycles. The molecular formula is C14H20ClN3O. The van der Waals surface area contributed by atoms with Crippen LogP contribution in [0, 0.1) is 5.92 Å². The normalized spacial score (nSPS) is 19.9. The molecule has 0 aromatic carbocycles. The van der Waals surface area contributed by atoms with Gasteiger partial charge in [-0.2, -0.15) is 0 Å². The first kappa shape index (κ1) is 14.3. The maximum Gasteiger partial charge on any atom is 0.269 e. The number of likely N-dealkylation sites (tertiary alicyclic amines) is 1. The maximum absolute atomic E-state index is 11.9. The van der Waals surface area contributed by atoms with Gasteiger partial charge in [-0.25, -0.2) is 4.98 Å². The quantitative estimate of drug-likeness (QED) is 0.861. The van der Waals surface area contributed by atoms with Crippen molar-refractivity contribution in [2.45, 2.75) is 26.3 Å². The Hall–Kier alpha value is -1.13. The van der Waals surface area contributed by atoms with Crippen molar-refractivity contribution in [2.24, 2.45) is 5.92 Å². The van der Waals surface area contributed by atoms with Gasteiger partial charge in [-0.3, -0.25) is 4.79 Å². The lowest BCUT2D eigenvalue weighted by molar-refractivity contribution is 0.0942. The summed E-state index contributed by atoms with van der Waals surface area (Å²) >= 11 is 5.77. The number of nitrogens with one attached hydrogen (secondary N) is 1. The number of halogens is 1. The number of carbonyl (C=O) groups excluding carboxylic acids is 1. The highest BCUT2D eigenvalue weighted by atomic mass is 35.5. The van der Waals surface area contributed by atoms with Crippen molar-refractivity contribution in [1.29, 1.82) is 0 Å². The van der Waals surface area contributed by atoms with E-state index in [1.807, 2.05) is 0 Å². The summed E-state index contributed by atoms with van der Waals surface area (Å²) in [5.74, 6) is 0.385. The van der Waals surface area contributed by atoms with E-state index < -0.39 is 0 Å². The van der Waals surface area contributed by atoms with E-state index >= 15 is 0 Å². The molecular weight excluding hydrogens is 262 g/mol. The molecule has 1 aromatic rings. The molecule has 104 valence electrons. The van der Waals surface area contributed by atoms with Crippen LogP contribution in [0.4, 0.5) is 0 Å². The number of carbonyl (C=O) groups is 1. The standard InChI is InChI=1S/C14H20ClN3O/c1-10(2)18-7-6-11(9-18)8-16-14(19)12-4-3-5-13(15)17-12/h3-5,10-11H,6-9H2,1-2H3,(H,16,19). The van der Waals surface area contributed by atoms with Gasteiger partial charge in [0.15, 0.2) is 0 Å². The summed E-state index contributed by atoms with van der Waals surface area (Å²) in [7, 11) is 0. The average Bonchev–Trinajstić information content (AvgIpc) is 2.85. The lowest BCUT2D eigenvalue weighted by Gasteiger charge is -2.20. The minimum Gasteiger partial charge on any atom is -0.350 e. The molecule has 1 unspecified atom stereocenters. The monoisotopic (exact) mass is 281 g/mol. The van der Waals surface area contributed by atoms with E-state index in [0.29, 0.717) is 29.4 Å². The van der Waals surface area contributed by atoms with Gasteiger partial charge < -0.3 is 10.2 Å². The largest absolute Gasteiger partial charge is 0.350 e. The van der Waals surface area contributed by atoms with E-state index in [1.165, 1.54) is 0 Å². The van der Waals surface area contributed by atoms with Gasteiger partial charge in [-0.05, 0) is 44.9 Å². The van der Waals surface area contributed by atoms with E-state index in [0.717, 1.165) is 19.5 Å². The Balaban J connectivity index is 1.82. The fourth-order valence-electron chi connectivity index (χ4n) is 2.36. The van der Waals surface area contributed by atoms with Crippen LogP contribution in [0.3, 0.4) is 0 Å². The SMILES string of the molecule is CC(C)N1CCC(CNC(=O)c2cccc(Cl)n2)C1. The molecule has 1 amide bonds. The van der Waals surface area contributed by atoms with Gasteiger partial charge in [0.2, 0.25) is 0 Å². The molecule has 4 nitrogen and oxygen atoms in total. The molecule has 5 heteroatoms. The Labute approximate surface area is 119 Å². The van der Waals surface area contributed by atoms with Crippen molar-refractivity contribution in [3.8, 4) is 0 Å². The summed E-state index contributed by atoms with van der Waals surface area (Å²) in [5, 5.41) is 3.29. The zero-order valence-corrected chi connectivity index (χ0v) is 12.2. The molecule has 1 aliphatic heterocycles. The fraction of sp³-hybridized carbons (Fsp3) is 0.571. The molecule has 0 spiro atoms. The van der Waals surface area contributed by atoms with Crippen LogP contribution < -0.4 is 5.32 Å². The van der Waals surface area contributed by atoms with Gasteiger partial charge in [0, 0.05) is 19.1 Å². The topological polar surface area (TPSA) is 45.2 Å². The molecule has 19 heavy (non-hydrogen) atoms. The van der Waals surface area contributed by atoms with Gasteiger partial charge in [-0.1, -0.05) is 17.7 Å². The molecule has 0 saturated carbocycles. The lowest BCUT2D eigenvalue weighted by atomic mass is 10.1. The first-order chi connectivity index (χ1) is 9.06. The van der Waals surface area contributed by atoms with E-state index in [2.05, 4.69) is 29.0 Å². The van der Waals surface area contributed by atoms with Crippen LogP contribution in [0.25, 0.3) is 0 Å².